The molecule has 35 heavy (non-hydrogen) atoms. The maximum Gasteiger partial charge on any atom is 0.296 e. The maximum absolute atomic E-state index is 12.8. The van der Waals surface area contributed by atoms with Crippen LogP contribution in [0.25, 0.3) is 10.9 Å². The Kier molecular flexibility index (Phi) is 5.91. The van der Waals surface area contributed by atoms with Crippen molar-refractivity contribution in [2.45, 2.75) is 62.6 Å². The van der Waals surface area contributed by atoms with Crippen LogP contribution in [0.4, 0.5) is 0 Å². The number of methoxy groups -OCH3 is 1. The first kappa shape index (κ1) is 24.5. The van der Waals surface area contributed by atoms with Gasteiger partial charge in [-0.2, -0.15) is 8.42 Å². The van der Waals surface area contributed by atoms with E-state index in [9.17, 15) is 8.42 Å². The van der Waals surface area contributed by atoms with Gasteiger partial charge in [-0.25, -0.2) is 0 Å². The minimum atomic E-state index is -3.81. The van der Waals surface area contributed by atoms with Gasteiger partial charge in [0.15, 0.2) is 0 Å². The molecule has 1 fully saturated rings. The molecule has 2 aromatic carbocycles. The number of aryl methyl sites for hydroxylation is 1. The number of aromatic nitrogens is 1. The number of piperidine rings is 1. The standard InChI is InChI=1S/C28H36N2O4S/c1-19-10-12-22(13-11-19)35(31,32)34-18-20-15-28(33-6)23-8-7-9-24-26(23)21(14-25(28)29(5)16-20)17-30(24)27(2,3)4/h7-13,17,20,25H,14-16,18H2,1-6H3/t20?,25-,28+/m1/s1. The van der Waals surface area contributed by atoms with Crippen LogP contribution in [0.5, 0.6) is 0 Å². The average Bonchev–Trinajstić information content (AvgIpc) is 3.19. The zero-order valence-electron chi connectivity index (χ0n) is 21.5. The molecule has 1 aliphatic heterocycles. The molecule has 0 bridgehead atoms. The van der Waals surface area contributed by atoms with Crippen LogP contribution >= 0.6 is 0 Å². The van der Waals surface area contributed by atoms with Crippen molar-refractivity contribution in [2.75, 3.05) is 27.3 Å². The normalized spacial score (nSPS) is 25.1. The lowest BCUT2D eigenvalue weighted by Crippen LogP contribution is -2.59. The van der Waals surface area contributed by atoms with Crippen LogP contribution in [-0.4, -0.2) is 51.2 Å². The third-order valence-corrected chi connectivity index (χ3v) is 9.14. The van der Waals surface area contributed by atoms with Gasteiger partial charge in [-0.05, 0) is 82.8 Å². The van der Waals surface area contributed by atoms with Crippen molar-refractivity contribution >= 4 is 21.0 Å². The van der Waals surface area contributed by atoms with Crippen LogP contribution in [0, 0.1) is 12.8 Å². The van der Waals surface area contributed by atoms with Crippen LogP contribution in [-0.2, 0) is 36.6 Å². The lowest BCUT2D eigenvalue weighted by Gasteiger charge is -2.53. The van der Waals surface area contributed by atoms with E-state index in [1.165, 1.54) is 22.0 Å². The average molecular weight is 497 g/mol. The molecule has 2 heterocycles. The van der Waals surface area contributed by atoms with E-state index < -0.39 is 15.7 Å². The van der Waals surface area contributed by atoms with Crippen molar-refractivity contribution in [3.05, 3.63) is 65.4 Å². The fourth-order valence-electron chi connectivity index (χ4n) is 6.17. The molecule has 3 atom stereocenters. The summed E-state index contributed by atoms with van der Waals surface area (Å²) in [6.45, 7) is 9.51. The van der Waals surface area contributed by atoms with Crippen LogP contribution in [0.3, 0.4) is 0 Å². The second kappa shape index (κ2) is 8.44. The van der Waals surface area contributed by atoms with E-state index in [4.69, 9.17) is 8.92 Å². The highest BCUT2D eigenvalue weighted by atomic mass is 32.2. The number of ether oxygens (including phenoxy) is 1. The van der Waals surface area contributed by atoms with Gasteiger partial charge >= 0.3 is 0 Å². The molecule has 1 saturated heterocycles. The molecular weight excluding hydrogens is 460 g/mol. The number of rotatable bonds is 5. The monoisotopic (exact) mass is 496 g/mol. The van der Waals surface area contributed by atoms with Crippen molar-refractivity contribution in [3.8, 4) is 0 Å². The molecule has 0 N–H and O–H groups in total. The summed E-state index contributed by atoms with van der Waals surface area (Å²) in [6.07, 6.45) is 3.92. The van der Waals surface area contributed by atoms with E-state index in [0.717, 1.165) is 18.5 Å². The van der Waals surface area contributed by atoms with Crippen LogP contribution in [0.2, 0.25) is 0 Å². The summed E-state index contributed by atoms with van der Waals surface area (Å²) in [7, 11) is 0.0909. The van der Waals surface area contributed by atoms with E-state index in [0.29, 0.717) is 6.42 Å². The Labute approximate surface area is 209 Å². The largest absolute Gasteiger partial charge is 0.372 e. The number of likely N-dealkylation sites (N-methyl/N-ethyl adjacent to an activating group) is 1. The maximum atomic E-state index is 12.8. The highest BCUT2D eigenvalue weighted by Crippen LogP contribution is 2.50. The molecule has 7 heteroatoms. The van der Waals surface area contributed by atoms with Crippen LogP contribution < -0.4 is 0 Å². The van der Waals surface area contributed by atoms with Crippen molar-refractivity contribution in [1.82, 2.24) is 9.47 Å². The second-order valence-electron chi connectivity index (χ2n) is 11.3. The van der Waals surface area contributed by atoms with Crippen LogP contribution in [0.15, 0.2) is 53.6 Å². The summed E-state index contributed by atoms with van der Waals surface area (Å²) in [4.78, 5) is 2.53. The number of benzene rings is 2. The number of fused-ring (bicyclic) bond motifs is 2. The van der Waals surface area contributed by atoms with E-state index in [-0.39, 0.29) is 29.0 Å². The van der Waals surface area contributed by atoms with E-state index in [1.54, 1.807) is 31.4 Å². The van der Waals surface area contributed by atoms with Gasteiger partial charge < -0.3 is 9.30 Å². The summed E-state index contributed by atoms with van der Waals surface area (Å²) in [6, 6.07) is 13.5. The Morgan fingerprint density at radius 2 is 1.83 bits per heavy atom. The van der Waals surface area contributed by atoms with Gasteiger partial charge in [-0.3, -0.25) is 9.08 Å². The number of likely N-dealkylation sites (tertiary alicyclic amines) is 1. The first-order chi connectivity index (χ1) is 16.5. The van der Waals surface area contributed by atoms with Gasteiger partial charge in [0.25, 0.3) is 10.1 Å². The van der Waals surface area contributed by atoms with Gasteiger partial charge in [0.1, 0.15) is 5.60 Å². The number of hydrogen-bond donors (Lipinski definition) is 0. The van der Waals surface area contributed by atoms with E-state index in [2.05, 4.69) is 61.7 Å². The third-order valence-electron chi connectivity index (χ3n) is 7.84. The molecule has 1 aliphatic carbocycles. The fourth-order valence-corrected chi connectivity index (χ4v) is 7.15. The molecule has 188 valence electrons. The minimum Gasteiger partial charge on any atom is -0.372 e. The summed E-state index contributed by atoms with van der Waals surface area (Å²) in [5, 5.41) is 1.28. The van der Waals surface area contributed by atoms with Gasteiger partial charge in [0, 0.05) is 42.3 Å². The molecule has 0 radical (unpaired) electrons. The van der Waals surface area contributed by atoms with Crippen molar-refractivity contribution < 1.29 is 17.3 Å². The fraction of sp³-hybridized carbons (Fsp3) is 0.500. The lowest BCUT2D eigenvalue weighted by atomic mass is 9.69. The van der Waals surface area contributed by atoms with Crippen LogP contribution in [0.1, 0.15) is 43.9 Å². The Hall–Kier alpha value is -2.19. The Morgan fingerprint density at radius 1 is 1.11 bits per heavy atom. The Bertz CT molecular complexity index is 1350. The Balaban J connectivity index is 1.49. The Morgan fingerprint density at radius 3 is 2.49 bits per heavy atom. The molecular formula is C28H36N2O4S. The topological polar surface area (TPSA) is 60.8 Å². The molecule has 0 amide bonds. The predicted molar refractivity (Wildman–Crippen MR) is 138 cm³/mol. The van der Waals surface area contributed by atoms with Gasteiger partial charge in [-0.1, -0.05) is 29.8 Å². The molecule has 0 spiro atoms. The van der Waals surface area contributed by atoms with Gasteiger partial charge in [-0.15, -0.1) is 0 Å². The van der Waals surface area contributed by atoms with E-state index >= 15 is 0 Å². The molecule has 5 rings (SSSR count). The predicted octanol–water partition coefficient (Wildman–Crippen LogP) is 4.83. The molecule has 1 unspecified atom stereocenters. The highest BCUT2D eigenvalue weighted by molar-refractivity contribution is 7.86. The number of nitrogens with zero attached hydrogens (tertiary/aromatic N) is 2. The SMILES string of the molecule is CO[C@]12CC(COS(=O)(=O)c3ccc(C)cc3)CN(C)[C@@H]1Cc1cn(C(C)(C)C)c3cccc2c13. The first-order valence-corrected chi connectivity index (χ1v) is 13.7. The molecule has 3 aromatic rings. The van der Waals surface area contributed by atoms with Crippen molar-refractivity contribution in [2.24, 2.45) is 5.92 Å². The quantitative estimate of drug-likeness (QED) is 0.474. The van der Waals surface area contributed by atoms with E-state index in [1.807, 2.05) is 6.92 Å². The zero-order chi connectivity index (χ0) is 25.2. The van der Waals surface area contributed by atoms with Gasteiger partial charge in [0.2, 0.25) is 0 Å². The number of hydrogen-bond acceptors (Lipinski definition) is 5. The first-order valence-electron chi connectivity index (χ1n) is 12.3. The lowest BCUT2D eigenvalue weighted by molar-refractivity contribution is -0.129. The third kappa shape index (κ3) is 4.02. The van der Waals surface area contributed by atoms with Crippen molar-refractivity contribution in [1.29, 1.82) is 0 Å². The van der Waals surface area contributed by atoms with Gasteiger partial charge in [0.05, 0.1) is 11.5 Å². The second-order valence-corrected chi connectivity index (χ2v) is 12.9. The van der Waals surface area contributed by atoms with Crippen molar-refractivity contribution in [3.63, 3.8) is 0 Å². The zero-order valence-corrected chi connectivity index (χ0v) is 22.4. The summed E-state index contributed by atoms with van der Waals surface area (Å²) in [5.74, 6) is 0.0120. The minimum absolute atomic E-state index is 0.0120. The molecule has 0 saturated carbocycles. The molecule has 2 aliphatic rings. The smallest absolute Gasteiger partial charge is 0.296 e. The molecule has 6 nitrogen and oxygen atoms in total. The molecule has 1 aromatic heterocycles. The summed E-state index contributed by atoms with van der Waals surface area (Å²) >= 11 is 0. The summed E-state index contributed by atoms with van der Waals surface area (Å²) < 4.78 is 40.0. The highest BCUT2D eigenvalue weighted by Gasteiger charge is 2.52. The summed E-state index contributed by atoms with van der Waals surface area (Å²) in [5.41, 5.74) is 4.24.